The second kappa shape index (κ2) is 11.2. The van der Waals surface area contributed by atoms with E-state index >= 15 is 0 Å². The van der Waals surface area contributed by atoms with Crippen molar-refractivity contribution in [2.75, 3.05) is 26.2 Å². The monoisotopic (exact) mass is 550 g/mol. The van der Waals surface area contributed by atoms with Gasteiger partial charge in [-0.25, -0.2) is 0 Å². The highest BCUT2D eigenvalue weighted by Gasteiger charge is 2.26. The van der Waals surface area contributed by atoms with Crippen LogP contribution in [0.2, 0.25) is 0 Å². The molecule has 27 heavy (non-hydrogen) atoms. The Kier molecular flexibility index (Phi) is 10.1. The van der Waals surface area contributed by atoms with Gasteiger partial charge in [0.1, 0.15) is 0 Å². The molecule has 3 N–H and O–H groups in total. The Morgan fingerprint density at radius 2 is 2.11 bits per heavy atom. The van der Waals surface area contributed by atoms with E-state index in [1.807, 2.05) is 6.07 Å². The molecular weight excluding hydrogens is 519 g/mol. The zero-order chi connectivity index (χ0) is 19.2. The molecule has 1 atom stereocenters. The highest BCUT2D eigenvalue weighted by atomic mass is 127. The van der Waals surface area contributed by atoms with Crippen molar-refractivity contribution < 1.29 is 4.79 Å². The van der Waals surface area contributed by atoms with Crippen LogP contribution in [-0.2, 0) is 10.2 Å². The highest BCUT2D eigenvalue weighted by molar-refractivity contribution is 14.0. The Balaban J connectivity index is 0.00000364. The van der Waals surface area contributed by atoms with Crippen LogP contribution in [0.1, 0.15) is 45.6 Å². The fraction of sp³-hybridized carbons (Fsp3) is 0.600. The average molecular weight is 551 g/mol. The number of guanidine groups is 1. The van der Waals surface area contributed by atoms with Gasteiger partial charge in [0, 0.05) is 35.9 Å². The molecule has 1 heterocycles. The van der Waals surface area contributed by atoms with Gasteiger partial charge in [0.25, 0.3) is 0 Å². The average Bonchev–Trinajstić information content (AvgIpc) is 2.58. The van der Waals surface area contributed by atoms with Gasteiger partial charge in [0.2, 0.25) is 5.91 Å². The number of nitrogens with one attached hydrogen (secondary N) is 1. The summed E-state index contributed by atoms with van der Waals surface area (Å²) in [7, 11) is 0. The zero-order valence-corrected chi connectivity index (χ0v) is 20.4. The Hall–Kier alpha value is -0.830. The first-order valence-corrected chi connectivity index (χ1v) is 10.2. The number of nitrogens with two attached hydrogens (primary N) is 1. The van der Waals surface area contributed by atoms with Crippen LogP contribution in [0.5, 0.6) is 0 Å². The smallest absolute Gasteiger partial charge is 0.217 e. The molecule has 0 aliphatic carbocycles. The SMILES string of the molecule is CCNC(=NCC(C)(C)c1ccccc1Br)N1CCCC(CC(N)=O)C1.I. The molecule has 1 aromatic carbocycles. The standard InChI is InChI=1S/C20H31BrN4O.HI/c1-4-23-19(25-11-7-8-15(13-25)12-18(22)26)24-14-20(2,3)16-9-5-6-10-17(16)21;/h5-6,9-10,15H,4,7-8,11-14H2,1-3H3,(H2,22,26)(H,23,24);1H. The first kappa shape index (κ1) is 24.2. The van der Waals surface area contributed by atoms with E-state index in [0.29, 0.717) is 18.9 Å². The topological polar surface area (TPSA) is 70.7 Å². The molecule has 1 aromatic rings. The molecule has 0 radical (unpaired) electrons. The van der Waals surface area contributed by atoms with Crippen LogP contribution >= 0.6 is 39.9 Å². The van der Waals surface area contributed by atoms with E-state index in [-0.39, 0.29) is 35.3 Å². The van der Waals surface area contributed by atoms with Crippen LogP contribution in [-0.4, -0.2) is 42.9 Å². The molecule has 1 aliphatic heterocycles. The molecule has 152 valence electrons. The van der Waals surface area contributed by atoms with Gasteiger partial charge < -0.3 is 16.0 Å². The minimum Gasteiger partial charge on any atom is -0.370 e. The van der Waals surface area contributed by atoms with E-state index in [4.69, 9.17) is 10.7 Å². The molecule has 1 amide bonds. The van der Waals surface area contributed by atoms with E-state index in [9.17, 15) is 4.79 Å². The Morgan fingerprint density at radius 3 is 2.74 bits per heavy atom. The van der Waals surface area contributed by atoms with Crippen LogP contribution in [0.4, 0.5) is 0 Å². The van der Waals surface area contributed by atoms with E-state index in [0.717, 1.165) is 42.9 Å². The van der Waals surface area contributed by atoms with Crippen molar-refractivity contribution in [3.05, 3.63) is 34.3 Å². The fourth-order valence-electron chi connectivity index (χ4n) is 3.50. The normalized spacial score (nSPS) is 18.0. The maximum atomic E-state index is 11.3. The molecule has 1 unspecified atom stereocenters. The van der Waals surface area contributed by atoms with Gasteiger partial charge >= 0.3 is 0 Å². The number of amides is 1. The van der Waals surface area contributed by atoms with Crippen molar-refractivity contribution in [2.45, 2.75) is 45.4 Å². The lowest BCUT2D eigenvalue weighted by molar-refractivity contribution is -0.119. The summed E-state index contributed by atoms with van der Waals surface area (Å²) in [6.45, 7) is 9.83. The molecule has 0 aromatic heterocycles. The van der Waals surface area contributed by atoms with Gasteiger partial charge in [0.05, 0.1) is 6.54 Å². The fourth-order valence-corrected chi connectivity index (χ4v) is 4.32. The maximum Gasteiger partial charge on any atom is 0.217 e. The number of piperidine rings is 1. The molecule has 5 nitrogen and oxygen atoms in total. The van der Waals surface area contributed by atoms with Crippen LogP contribution in [0.3, 0.4) is 0 Å². The quantitative estimate of drug-likeness (QED) is 0.320. The van der Waals surface area contributed by atoms with Crippen LogP contribution < -0.4 is 11.1 Å². The first-order valence-electron chi connectivity index (χ1n) is 9.40. The van der Waals surface area contributed by atoms with Gasteiger partial charge in [-0.2, -0.15) is 0 Å². The lowest BCUT2D eigenvalue weighted by Gasteiger charge is -2.35. The third-order valence-corrected chi connectivity index (χ3v) is 5.56. The number of carbonyl (C=O) groups excluding carboxylic acids is 1. The Labute approximate surface area is 188 Å². The number of aliphatic imine (C=N–C) groups is 1. The number of halogens is 2. The van der Waals surface area contributed by atoms with Crippen molar-refractivity contribution in [3.63, 3.8) is 0 Å². The lowest BCUT2D eigenvalue weighted by Crippen LogP contribution is -2.47. The third kappa shape index (κ3) is 7.25. The summed E-state index contributed by atoms with van der Waals surface area (Å²) in [5.41, 5.74) is 6.56. The lowest BCUT2D eigenvalue weighted by atomic mass is 9.85. The van der Waals surface area contributed by atoms with E-state index in [2.05, 4.69) is 65.1 Å². The summed E-state index contributed by atoms with van der Waals surface area (Å²) in [5, 5.41) is 3.41. The summed E-state index contributed by atoms with van der Waals surface area (Å²) >= 11 is 3.66. The number of hydrogen-bond acceptors (Lipinski definition) is 2. The second-order valence-electron chi connectivity index (χ2n) is 7.66. The molecule has 0 saturated carbocycles. The van der Waals surface area contributed by atoms with Gasteiger partial charge in [-0.05, 0) is 37.3 Å². The van der Waals surface area contributed by atoms with Crippen molar-refractivity contribution in [2.24, 2.45) is 16.6 Å². The Morgan fingerprint density at radius 1 is 1.41 bits per heavy atom. The van der Waals surface area contributed by atoms with Crippen molar-refractivity contribution in [3.8, 4) is 0 Å². The number of rotatable bonds is 6. The third-order valence-electron chi connectivity index (χ3n) is 4.87. The molecule has 2 rings (SSSR count). The van der Waals surface area contributed by atoms with E-state index in [1.54, 1.807) is 0 Å². The summed E-state index contributed by atoms with van der Waals surface area (Å²) in [4.78, 5) is 18.5. The zero-order valence-electron chi connectivity index (χ0n) is 16.5. The molecular formula is C20H32BrIN4O. The number of benzene rings is 1. The van der Waals surface area contributed by atoms with Crippen molar-refractivity contribution in [1.29, 1.82) is 0 Å². The number of hydrogen-bond donors (Lipinski definition) is 2. The second-order valence-corrected chi connectivity index (χ2v) is 8.51. The molecule has 1 aliphatic rings. The van der Waals surface area contributed by atoms with Crippen LogP contribution in [0.15, 0.2) is 33.7 Å². The summed E-state index contributed by atoms with van der Waals surface area (Å²) in [5.74, 6) is 1.04. The van der Waals surface area contributed by atoms with Gasteiger partial charge in [0.15, 0.2) is 5.96 Å². The predicted octanol–water partition coefficient (Wildman–Crippen LogP) is 3.90. The van der Waals surface area contributed by atoms with Crippen LogP contribution in [0.25, 0.3) is 0 Å². The highest BCUT2D eigenvalue weighted by Crippen LogP contribution is 2.30. The number of nitrogens with zero attached hydrogens (tertiary/aromatic N) is 2. The van der Waals surface area contributed by atoms with Gasteiger partial charge in [-0.1, -0.05) is 48.0 Å². The number of likely N-dealkylation sites (tertiary alicyclic amines) is 1. The van der Waals surface area contributed by atoms with Crippen molar-refractivity contribution >= 4 is 51.8 Å². The minimum atomic E-state index is -0.214. The molecule has 7 heteroatoms. The molecule has 0 spiro atoms. The first-order chi connectivity index (χ1) is 12.3. The molecule has 1 fully saturated rings. The van der Waals surface area contributed by atoms with E-state index < -0.39 is 0 Å². The van der Waals surface area contributed by atoms with Crippen molar-refractivity contribution in [1.82, 2.24) is 10.2 Å². The number of primary amides is 1. The predicted molar refractivity (Wildman–Crippen MR) is 127 cm³/mol. The minimum absolute atomic E-state index is 0. The maximum absolute atomic E-state index is 11.3. The molecule has 1 saturated heterocycles. The summed E-state index contributed by atoms with van der Waals surface area (Å²) in [6.07, 6.45) is 2.58. The largest absolute Gasteiger partial charge is 0.370 e. The van der Waals surface area contributed by atoms with E-state index in [1.165, 1.54) is 5.56 Å². The van der Waals surface area contributed by atoms with Crippen LogP contribution in [0, 0.1) is 5.92 Å². The number of carbonyl (C=O) groups is 1. The molecule has 0 bridgehead atoms. The van der Waals surface area contributed by atoms with Gasteiger partial charge in [-0.3, -0.25) is 9.79 Å². The Bertz CT molecular complexity index is 651. The summed E-state index contributed by atoms with van der Waals surface area (Å²) < 4.78 is 1.12. The summed E-state index contributed by atoms with van der Waals surface area (Å²) in [6, 6.07) is 8.32. The van der Waals surface area contributed by atoms with Gasteiger partial charge in [-0.15, -0.1) is 24.0 Å².